The third-order valence-electron chi connectivity index (χ3n) is 5.53. The maximum absolute atomic E-state index is 12.7. The number of carbonyl (C=O) groups excluding carboxylic acids is 3. The summed E-state index contributed by atoms with van der Waals surface area (Å²) in [4.78, 5) is 39.1. The first-order chi connectivity index (χ1) is 17.0. The molecule has 0 aliphatic carbocycles. The Morgan fingerprint density at radius 3 is 2.60 bits per heavy atom. The standard InChI is InChI=1S/C24H25N5O5S/c1-33-18-8-6-17(7-9-18)29-14-16(13-21(29)30)23(32)26-24-28-27-20(35-24)10-11-25-22(31)15-4-3-5-19(12-15)34-2/h3-9,12,16H,10-11,13-14H2,1-2H3,(H,25,31)(H,26,28,32). The Kier molecular flexibility index (Phi) is 7.56. The molecule has 182 valence electrons. The van der Waals surface area contributed by atoms with Gasteiger partial charge < -0.3 is 25.0 Å². The van der Waals surface area contributed by atoms with Gasteiger partial charge in [-0.05, 0) is 42.5 Å². The molecule has 1 saturated heterocycles. The zero-order chi connectivity index (χ0) is 24.8. The second-order valence-electron chi connectivity index (χ2n) is 7.83. The van der Waals surface area contributed by atoms with Gasteiger partial charge in [0.2, 0.25) is 16.9 Å². The summed E-state index contributed by atoms with van der Waals surface area (Å²) in [7, 11) is 3.12. The van der Waals surface area contributed by atoms with Gasteiger partial charge in [-0.2, -0.15) is 0 Å². The molecule has 2 N–H and O–H groups in total. The van der Waals surface area contributed by atoms with E-state index in [2.05, 4.69) is 20.8 Å². The quantitative estimate of drug-likeness (QED) is 0.468. The Morgan fingerprint density at radius 1 is 1.09 bits per heavy atom. The fraction of sp³-hybridized carbons (Fsp3) is 0.292. The van der Waals surface area contributed by atoms with E-state index in [1.54, 1.807) is 67.7 Å². The molecule has 2 aromatic carbocycles. The second kappa shape index (κ2) is 11.0. The van der Waals surface area contributed by atoms with Crippen molar-refractivity contribution in [1.29, 1.82) is 0 Å². The van der Waals surface area contributed by atoms with Crippen molar-refractivity contribution in [2.45, 2.75) is 12.8 Å². The Bertz CT molecular complexity index is 1210. The maximum atomic E-state index is 12.7. The van der Waals surface area contributed by atoms with Gasteiger partial charge in [0.1, 0.15) is 16.5 Å². The summed E-state index contributed by atoms with van der Waals surface area (Å²) in [6, 6.07) is 14.0. The second-order valence-corrected chi connectivity index (χ2v) is 8.89. The lowest BCUT2D eigenvalue weighted by atomic mass is 10.1. The number of rotatable bonds is 9. The first kappa shape index (κ1) is 24.1. The number of hydrogen-bond acceptors (Lipinski definition) is 8. The molecule has 1 fully saturated rings. The number of carbonyl (C=O) groups is 3. The van der Waals surface area contributed by atoms with Crippen LogP contribution in [0.3, 0.4) is 0 Å². The molecule has 1 aromatic heterocycles. The van der Waals surface area contributed by atoms with Crippen LogP contribution in [0.4, 0.5) is 10.8 Å². The van der Waals surface area contributed by atoms with Crippen LogP contribution < -0.4 is 25.0 Å². The molecule has 1 unspecified atom stereocenters. The van der Waals surface area contributed by atoms with E-state index < -0.39 is 5.92 Å². The normalized spacial score (nSPS) is 15.1. The number of benzene rings is 2. The summed E-state index contributed by atoms with van der Waals surface area (Å²) in [5.74, 6) is 0.219. The fourth-order valence-electron chi connectivity index (χ4n) is 3.66. The summed E-state index contributed by atoms with van der Waals surface area (Å²) in [6.07, 6.45) is 0.593. The number of nitrogens with one attached hydrogen (secondary N) is 2. The number of hydrogen-bond donors (Lipinski definition) is 2. The van der Waals surface area contributed by atoms with Crippen LogP contribution in [0.15, 0.2) is 48.5 Å². The first-order valence-corrected chi connectivity index (χ1v) is 11.8. The number of aromatic nitrogens is 2. The van der Waals surface area contributed by atoms with Crippen LogP contribution in [-0.2, 0) is 16.0 Å². The van der Waals surface area contributed by atoms with Gasteiger partial charge in [0.05, 0.1) is 20.1 Å². The van der Waals surface area contributed by atoms with Crippen molar-refractivity contribution in [2.75, 3.05) is 37.5 Å². The number of amides is 3. The molecule has 10 nitrogen and oxygen atoms in total. The van der Waals surface area contributed by atoms with E-state index in [0.29, 0.717) is 46.7 Å². The molecule has 0 spiro atoms. The average molecular weight is 496 g/mol. The minimum atomic E-state index is -0.487. The lowest BCUT2D eigenvalue weighted by Gasteiger charge is -2.16. The van der Waals surface area contributed by atoms with E-state index in [1.165, 1.54) is 11.3 Å². The van der Waals surface area contributed by atoms with Gasteiger partial charge in [0.25, 0.3) is 5.91 Å². The lowest BCUT2D eigenvalue weighted by Crippen LogP contribution is -2.28. The molecular formula is C24H25N5O5S. The fourth-order valence-corrected chi connectivity index (χ4v) is 4.40. The van der Waals surface area contributed by atoms with Gasteiger partial charge in [-0.25, -0.2) is 0 Å². The molecule has 1 aliphatic rings. The average Bonchev–Trinajstić information content (AvgIpc) is 3.50. The van der Waals surface area contributed by atoms with Crippen molar-refractivity contribution in [1.82, 2.24) is 15.5 Å². The molecule has 11 heteroatoms. The summed E-state index contributed by atoms with van der Waals surface area (Å²) in [5, 5.41) is 14.7. The largest absolute Gasteiger partial charge is 0.497 e. The molecular weight excluding hydrogens is 470 g/mol. The van der Waals surface area contributed by atoms with E-state index >= 15 is 0 Å². The Hall–Kier alpha value is -3.99. The van der Waals surface area contributed by atoms with E-state index in [1.807, 2.05) is 0 Å². The van der Waals surface area contributed by atoms with Crippen molar-refractivity contribution in [3.05, 3.63) is 59.1 Å². The van der Waals surface area contributed by atoms with E-state index in [0.717, 1.165) is 5.69 Å². The topological polar surface area (TPSA) is 123 Å². The van der Waals surface area contributed by atoms with Crippen molar-refractivity contribution in [3.63, 3.8) is 0 Å². The van der Waals surface area contributed by atoms with Crippen LogP contribution in [0.5, 0.6) is 11.5 Å². The van der Waals surface area contributed by atoms with Gasteiger partial charge in [0, 0.05) is 37.2 Å². The predicted molar refractivity (Wildman–Crippen MR) is 131 cm³/mol. The van der Waals surface area contributed by atoms with E-state index in [4.69, 9.17) is 9.47 Å². The highest BCUT2D eigenvalue weighted by molar-refractivity contribution is 7.15. The number of methoxy groups -OCH3 is 2. The molecule has 1 aliphatic heterocycles. The van der Waals surface area contributed by atoms with E-state index in [-0.39, 0.29) is 24.1 Å². The monoisotopic (exact) mass is 495 g/mol. The van der Waals surface area contributed by atoms with Crippen LogP contribution in [0.1, 0.15) is 21.8 Å². The van der Waals surface area contributed by atoms with E-state index in [9.17, 15) is 14.4 Å². The third-order valence-corrected chi connectivity index (χ3v) is 6.43. The molecule has 0 bridgehead atoms. The van der Waals surface area contributed by atoms with Gasteiger partial charge >= 0.3 is 0 Å². The summed E-state index contributed by atoms with van der Waals surface area (Å²) in [5.41, 5.74) is 1.23. The number of ether oxygens (including phenoxy) is 2. The molecule has 1 atom stereocenters. The van der Waals surface area contributed by atoms with Crippen LogP contribution in [-0.4, -0.2) is 55.2 Å². The van der Waals surface area contributed by atoms with Gasteiger partial charge in [-0.15, -0.1) is 10.2 Å². The van der Waals surface area contributed by atoms with Crippen LogP contribution in [0.25, 0.3) is 0 Å². The molecule has 0 radical (unpaired) electrons. The van der Waals surface area contributed by atoms with Gasteiger partial charge in [0.15, 0.2) is 0 Å². The van der Waals surface area contributed by atoms with Crippen LogP contribution in [0.2, 0.25) is 0 Å². The first-order valence-electron chi connectivity index (χ1n) is 11.0. The maximum Gasteiger partial charge on any atom is 0.251 e. The summed E-state index contributed by atoms with van der Waals surface area (Å²) in [6.45, 7) is 0.658. The highest BCUT2D eigenvalue weighted by Gasteiger charge is 2.35. The predicted octanol–water partition coefficient (Wildman–Crippen LogP) is 2.52. The minimum Gasteiger partial charge on any atom is -0.497 e. The zero-order valence-electron chi connectivity index (χ0n) is 19.3. The molecule has 3 amide bonds. The summed E-state index contributed by atoms with van der Waals surface area (Å²) < 4.78 is 10.3. The molecule has 0 saturated carbocycles. The minimum absolute atomic E-state index is 0.111. The van der Waals surface area contributed by atoms with Crippen LogP contribution >= 0.6 is 11.3 Å². The molecule has 4 rings (SSSR count). The van der Waals surface area contributed by atoms with Crippen molar-refractivity contribution in [3.8, 4) is 11.5 Å². The molecule has 35 heavy (non-hydrogen) atoms. The number of anilines is 2. The smallest absolute Gasteiger partial charge is 0.251 e. The van der Waals surface area contributed by atoms with Gasteiger partial charge in [-0.3, -0.25) is 14.4 Å². The Labute approximate surface area is 206 Å². The van der Waals surface area contributed by atoms with Crippen LogP contribution in [0, 0.1) is 5.92 Å². The molecule has 2 heterocycles. The Morgan fingerprint density at radius 2 is 1.86 bits per heavy atom. The van der Waals surface area contributed by atoms with Crippen molar-refractivity contribution >= 4 is 39.9 Å². The van der Waals surface area contributed by atoms with Crippen molar-refractivity contribution < 1.29 is 23.9 Å². The highest BCUT2D eigenvalue weighted by Crippen LogP contribution is 2.28. The zero-order valence-corrected chi connectivity index (χ0v) is 20.1. The van der Waals surface area contributed by atoms with Crippen molar-refractivity contribution in [2.24, 2.45) is 5.92 Å². The lowest BCUT2D eigenvalue weighted by molar-refractivity contribution is -0.122. The number of nitrogens with zero attached hydrogens (tertiary/aromatic N) is 3. The van der Waals surface area contributed by atoms with Gasteiger partial charge in [-0.1, -0.05) is 17.4 Å². The Balaban J connectivity index is 1.26. The highest BCUT2D eigenvalue weighted by atomic mass is 32.1. The summed E-state index contributed by atoms with van der Waals surface area (Å²) >= 11 is 1.24. The third kappa shape index (κ3) is 5.93. The SMILES string of the molecule is COc1ccc(N2CC(C(=O)Nc3nnc(CCNC(=O)c4cccc(OC)c4)s3)CC2=O)cc1. The molecule has 3 aromatic rings.